The van der Waals surface area contributed by atoms with E-state index < -0.39 is 0 Å². The summed E-state index contributed by atoms with van der Waals surface area (Å²) in [6.07, 6.45) is 3.58. The van der Waals surface area contributed by atoms with E-state index in [0.29, 0.717) is 13.1 Å². The molecular weight excluding hydrogens is 412 g/mol. The van der Waals surface area contributed by atoms with Gasteiger partial charge in [-0.1, -0.05) is 78.9 Å². The zero-order chi connectivity index (χ0) is 21.8. The van der Waals surface area contributed by atoms with Gasteiger partial charge < -0.3 is 4.90 Å². The molecule has 0 unspecified atom stereocenters. The highest BCUT2D eigenvalue weighted by molar-refractivity contribution is 7.20. The molecule has 0 saturated heterocycles. The fourth-order valence-electron chi connectivity index (χ4n) is 3.92. The van der Waals surface area contributed by atoms with Crippen LogP contribution in [0.25, 0.3) is 21.2 Å². The fraction of sp³-hybridized carbons (Fsp3) is 0.0714. The number of amides is 1. The molecule has 0 radical (unpaired) electrons. The lowest BCUT2D eigenvalue weighted by Crippen LogP contribution is -2.29. The van der Waals surface area contributed by atoms with Crippen LogP contribution in [0.3, 0.4) is 0 Å². The van der Waals surface area contributed by atoms with Gasteiger partial charge in [0.1, 0.15) is 0 Å². The Hall–Kier alpha value is -3.76. The van der Waals surface area contributed by atoms with E-state index in [1.807, 2.05) is 71.8 Å². The normalized spacial score (nSPS) is 10.9. The highest BCUT2D eigenvalue weighted by atomic mass is 32.1. The third-order valence-corrected chi connectivity index (χ3v) is 6.59. The molecule has 4 heteroatoms. The van der Waals surface area contributed by atoms with Gasteiger partial charge in [0.25, 0.3) is 5.91 Å². The maximum atomic E-state index is 13.7. The smallest absolute Gasteiger partial charge is 0.264 e. The molecule has 2 heterocycles. The third-order valence-electron chi connectivity index (χ3n) is 5.48. The van der Waals surface area contributed by atoms with Crippen LogP contribution in [0, 0.1) is 0 Å². The number of rotatable bonds is 6. The van der Waals surface area contributed by atoms with Gasteiger partial charge in [-0.15, -0.1) is 11.3 Å². The molecule has 32 heavy (non-hydrogen) atoms. The first kappa shape index (κ1) is 20.2. The molecular formula is C28H22N2OS. The number of benzene rings is 3. The number of thiophene rings is 1. The summed E-state index contributed by atoms with van der Waals surface area (Å²) in [4.78, 5) is 20.6. The zero-order valence-corrected chi connectivity index (χ0v) is 18.3. The van der Waals surface area contributed by atoms with E-state index in [2.05, 4.69) is 41.4 Å². The topological polar surface area (TPSA) is 33.2 Å². The van der Waals surface area contributed by atoms with Crippen LogP contribution in [-0.2, 0) is 13.1 Å². The lowest BCUT2D eigenvalue weighted by Gasteiger charge is -2.24. The van der Waals surface area contributed by atoms with Crippen LogP contribution < -0.4 is 0 Å². The molecule has 0 aliphatic carbocycles. The number of nitrogens with zero attached hydrogens (tertiary/aromatic N) is 2. The summed E-state index contributed by atoms with van der Waals surface area (Å²) in [5.41, 5.74) is 4.43. The van der Waals surface area contributed by atoms with E-state index in [1.165, 1.54) is 0 Å². The zero-order valence-electron chi connectivity index (χ0n) is 17.5. The van der Waals surface area contributed by atoms with Crippen molar-refractivity contribution in [3.63, 3.8) is 0 Å². The molecule has 0 atom stereocenters. The fourth-order valence-corrected chi connectivity index (χ4v) is 4.95. The van der Waals surface area contributed by atoms with Crippen molar-refractivity contribution in [3.8, 4) is 11.1 Å². The SMILES string of the molecule is O=C(c1cc2ccccc2s1)N(Cc1cccnc1)Cc1ccccc1-c1ccccc1. The molecule has 0 spiro atoms. The second kappa shape index (κ2) is 9.16. The van der Waals surface area contributed by atoms with E-state index in [-0.39, 0.29) is 5.91 Å². The van der Waals surface area contributed by atoms with Crippen molar-refractivity contribution < 1.29 is 4.79 Å². The van der Waals surface area contributed by atoms with Gasteiger partial charge in [-0.25, -0.2) is 0 Å². The molecule has 0 fully saturated rings. The summed E-state index contributed by atoms with van der Waals surface area (Å²) >= 11 is 1.55. The van der Waals surface area contributed by atoms with Crippen LogP contribution in [0.2, 0.25) is 0 Å². The number of carbonyl (C=O) groups is 1. The van der Waals surface area contributed by atoms with Crippen LogP contribution in [0.15, 0.2) is 109 Å². The summed E-state index contributed by atoms with van der Waals surface area (Å²) in [6.45, 7) is 1.02. The number of hydrogen-bond acceptors (Lipinski definition) is 3. The van der Waals surface area contributed by atoms with Gasteiger partial charge >= 0.3 is 0 Å². The number of fused-ring (bicyclic) bond motifs is 1. The third kappa shape index (κ3) is 4.32. The van der Waals surface area contributed by atoms with E-state index in [1.54, 1.807) is 17.5 Å². The van der Waals surface area contributed by atoms with Gasteiger partial charge in [0.15, 0.2) is 0 Å². The number of pyridine rings is 1. The summed E-state index contributed by atoms with van der Waals surface area (Å²) in [6, 6.07) is 32.7. The first-order valence-electron chi connectivity index (χ1n) is 10.6. The van der Waals surface area contributed by atoms with E-state index >= 15 is 0 Å². The molecule has 0 N–H and O–H groups in total. The van der Waals surface area contributed by atoms with Gasteiger partial charge in [-0.3, -0.25) is 9.78 Å². The summed E-state index contributed by atoms with van der Waals surface area (Å²) in [5.74, 6) is 0.0397. The van der Waals surface area contributed by atoms with Crippen molar-refractivity contribution in [2.75, 3.05) is 0 Å². The van der Waals surface area contributed by atoms with E-state index in [4.69, 9.17) is 0 Å². The molecule has 1 amide bonds. The minimum atomic E-state index is 0.0397. The molecule has 5 rings (SSSR count). The van der Waals surface area contributed by atoms with Crippen LogP contribution in [-0.4, -0.2) is 15.8 Å². The number of hydrogen-bond donors (Lipinski definition) is 0. The maximum Gasteiger partial charge on any atom is 0.264 e. The van der Waals surface area contributed by atoms with Crippen molar-refractivity contribution in [1.29, 1.82) is 0 Å². The molecule has 5 aromatic rings. The molecule has 0 bridgehead atoms. The predicted molar refractivity (Wildman–Crippen MR) is 132 cm³/mol. The average molecular weight is 435 g/mol. The minimum absolute atomic E-state index is 0.0397. The van der Waals surface area contributed by atoms with Crippen molar-refractivity contribution in [2.45, 2.75) is 13.1 Å². The second-order valence-corrected chi connectivity index (χ2v) is 8.78. The Kier molecular flexibility index (Phi) is 5.77. The summed E-state index contributed by atoms with van der Waals surface area (Å²) in [7, 11) is 0. The molecule has 2 aromatic heterocycles. The van der Waals surface area contributed by atoms with Gasteiger partial charge in [0, 0.05) is 30.2 Å². The Balaban J connectivity index is 1.52. The van der Waals surface area contributed by atoms with Crippen molar-refractivity contribution in [3.05, 3.63) is 125 Å². The van der Waals surface area contributed by atoms with Gasteiger partial charge in [0.05, 0.1) is 4.88 Å². The second-order valence-electron chi connectivity index (χ2n) is 7.69. The minimum Gasteiger partial charge on any atom is -0.329 e. The average Bonchev–Trinajstić information content (AvgIpc) is 3.29. The van der Waals surface area contributed by atoms with Gasteiger partial charge in [-0.2, -0.15) is 0 Å². The summed E-state index contributed by atoms with van der Waals surface area (Å²) in [5, 5.41) is 1.10. The van der Waals surface area contributed by atoms with Gasteiger partial charge in [0.2, 0.25) is 0 Å². The van der Waals surface area contributed by atoms with Crippen LogP contribution in [0.5, 0.6) is 0 Å². The van der Waals surface area contributed by atoms with E-state index in [0.717, 1.165) is 37.2 Å². The molecule has 0 aliphatic heterocycles. The molecule has 3 aromatic carbocycles. The quantitative estimate of drug-likeness (QED) is 0.294. The molecule has 3 nitrogen and oxygen atoms in total. The van der Waals surface area contributed by atoms with Gasteiger partial charge in [-0.05, 0) is 45.8 Å². The Bertz CT molecular complexity index is 1310. The highest BCUT2D eigenvalue weighted by Gasteiger charge is 2.20. The standard InChI is InChI=1S/C28H22N2OS/c31-28(27-17-23-12-5-7-15-26(23)32-27)30(19-21-9-8-16-29-18-21)20-24-13-4-6-14-25(24)22-10-2-1-3-11-22/h1-18H,19-20H2. The van der Waals surface area contributed by atoms with Crippen molar-refractivity contribution in [2.24, 2.45) is 0 Å². The van der Waals surface area contributed by atoms with Crippen LogP contribution in [0.4, 0.5) is 0 Å². The first-order chi connectivity index (χ1) is 15.8. The predicted octanol–water partition coefficient (Wildman–Crippen LogP) is 6.81. The van der Waals surface area contributed by atoms with Crippen LogP contribution >= 0.6 is 11.3 Å². The lowest BCUT2D eigenvalue weighted by molar-refractivity contribution is 0.0735. The molecule has 0 aliphatic rings. The van der Waals surface area contributed by atoms with Crippen LogP contribution in [0.1, 0.15) is 20.8 Å². The summed E-state index contributed by atoms with van der Waals surface area (Å²) < 4.78 is 1.13. The lowest BCUT2D eigenvalue weighted by atomic mass is 9.99. The Morgan fingerprint density at radius 2 is 1.59 bits per heavy atom. The number of carbonyl (C=O) groups excluding carboxylic acids is 1. The largest absolute Gasteiger partial charge is 0.329 e. The Morgan fingerprint density at radius 1 is 0.812 bits per heavy atom. The maximum absolute atomic E-state index is 13.7. The Labute approximate surface area is 191 Å². The van der Waals surface area contributed by atoms with Crippen molar-refractivity contribution in [1.82, 2.24) is 9.88 Å². The van der Waals surface area contributed by atoms with E-state index in [9.17, 15) is 4.79 Å². The number of aromatic nitrogens is 1. The monoisotopic (exact) mass is 434 g/mol. The Morgan fingerprint density at radius 3 is 2.41 bits per heavy atom. The van der Waals surface area contributed by atoms with Crippen molar-refractivity contribution >= 4 is 27.3 Å². The molecule has 156 valence electrons. The molecule has 0 saturated carbocycles. The first-order valence-corrected chi connectivity index (χ1v) is 11.4. The highest BCUT2D eigenvalue weighted by Crippen LogP contribution is 2.29.